The molecule has 0 saturated heterocycles. The summed E-state index contributed by atoms with van der Waals surface area (Å²) in [6.07, 6.45) is 0. The molecule has 2 rings (SSSR count). The minimum absolute atomic E-state index is 0.0871. The highest BCUT2D eigenvalue weighted by Crippen LogP contribution is 2.25. The maximum Gasteiger partial charge on any atom is 0.233 e. The molecule has 21 heavy (non-hydrogen) atoms. The predicted octanol–water partition coefficient (Wildman–Crippen LogP) is 2.72. The van der Waals surface area contributed by atoms with Crippen LogP contribution in [0.1, 0.15) is 12.5 Å². The minimum atomic E-state index is 0.0871. The molecule has 0 unspecified atom stereocenters. The standard InChI is InChI=1S/C14H18N4OS2/c1-3-15-13-16-17-14(21-13)20-10-12(19)18(2)9-11-7-5-4-6-8-11/h4-8H,3,9-10H2,1-2H3,(H,15,16). The summed E-state index contributed by atoms with van der Waals surface area (Å²) in [5.41, 5.74) is 1.13. The summed E-state index contributed by atoms with van der Waals surface area (Å²) < 4.78 is 0.812. The average molecular weight is 322 g/mol. The number of nitrogens with zero attached hydrogens (tertiary/aromatic N) is 3. The van der Waals surface area contributed by atoms with Crippen LogP contribution in [0, 0.1) is 0 Å². The van der Waals surface area contributed by atoms with Gasteiger partial charge in [0.2, 0.25) is 11.0 Å². The molecule has 1 aromatic heterocycles. The summed E-state index contributed by atoms with van der Waals surface area (Å²) in [6, 6.07) is 9.96. The number of aromatic nitrogens is 2. The molecule has 0 aliphatic rings. The number of carbonyl (C=O) groups excluding carboxylic acids is 1. The highest BCUT2D eigenvalue weighted by atomic mass is 32.2. The van der Waals surface area contributed by atoms with Crippen molar-refractivity contribution in [2.45, 2.75) is 17.8 Å². The minimum Gasteiger partial charge on any atom is -0.360 e. The number of rotatable bonds is 7. The van der Waals surface area contributed by atoms with Gasteiger partial charge in [-0.15, -0.1) is 10.2 Å². The molecule has 0 aliphatic carbocycles. The van der Waals surface area contributed by atoms with E-state index in [0.717, 1.165) is 21.6 Å². The molecule has 0 saturated carbocycles. The van der Waals surface area contributed by atoms with Gasteiger partial charge in [-0.1, -0.05) is 53.4 Å². The Bertz CT molecular complexity index is 573. The van der Waals surface area contributed by atoms with Crippen molar-refractivity contribution in [2.24, 2.45) is 0 Å². The molecule has 5 nitrogen and oxygen atoms in total. The Hall–Kier alpha value is -1.60. The number of benzene rings is 1. The van der Waals surface area contributed by atoms with Gasteiger partial charge >= 0.3 is 0 Å². The Morgan fingerprint density at radius 2 is 2.10 bits per heavy atom. The summed E-state index contributed by atoms with van der Waals surface area (Å²) in [5, 5.41) is 12.0. The fraction of sp³-hybridized carbons (Fsp3) is 0.357. The van der Waals surface area contributed by atoms with Crippen LogP contribution in [0.5, 0.6) is 0 Å². The van der Waals surface area contributed by atoms with E-state index in [0.29, 0.717) is 12.3 Å². The molecule has 0 spiro atoms. The van der Waals surface area contributed by atoms with Crippen LogP contribution in [0.3, 0.4) is 0 Å². The molecule has 112 valence electrons. The van der Waals surface area contributed by atoms with Gasteiger partial charge in [-0.2, -0.15) is 0 Å². The summed E-state index contributed by atoms with van der Waals surface area (Å²) in [5.74, 6) is 0.466. The van der Waals surface area contributed by atoms with Gasteiger partial charge in [0, 0.05) is 20.1 Å². The molecule has 7 heteroatoms. The van der Waals surface area contributed by atoms with E-state index in [2.05, 4.69) is 15.5 Å². The van der Waals surface area contributed by atoms with Gasteiger partial charge < -0.3 is 10.2 Å². The van der Waals surface area contributed by atoms with Crippen molar-refractivity contribution < 1.29 is 4.79 Å². The lowest BCUT2D eigenvalue weighted by Crippen LogP contribution is -2.27. The molecule has 0 bridgehead atoms. The second-order valence-electron chi connectivity index (χ2n) is 4.43. The van der Waals surface area contributed by atoms with Crippen LogP contribution >= 0.6 is 23.1 Å². The zero-order chi connectivity index (χ0) is 15.1. The van der Waals surface area contributed by atoms with Gasteiger partial charge in [-0.05, 0) is 12.5 Å². The number of hydrogen-bond acceptors (Lipinski definition) is 6. The van der Waals surface area contributed by atoms with Crippen LogP contribution in [-0.2, 0) is 11.3 Å². The van der Waals surface area contributed by atoms with Gasteiger partial charge in [0.25, 0.3) is 0 Å². The molecule has 1 amide bonds. The molecule has 1 aromatic carbocycles. The topological polar surface area (TPSA) is 58.1 Å². The molecule has 0 radical (unpaired) electrons. The first-order chi connectivity index (χ1) is 10.2. The second kappa shape index (κ2) is 7.99. The lowest BCUT2D eigenvalue weighted by atomic mass is 10.2. The molecule has 2 aromatic rings. The Balaban J connectivity index is 1.80. The van der Waals surface area contributed by atoms with Crippen LogP contribution in [-0.4, -0.2) is 40.3 Å². The first-order valence-electron chi connectivity index (χ1n) is 6.67. The highest BCUT2D eigenvalue weighted by Gasteiger charge is 2.12. The molecule has 0 atom stereocenters. The van der Waals surface area contributed by atoms with Crippen molar-refractivity contribution in [3.63, 3.8) is 0 Å². The zero-order valence-corrected chi connectivity index (χ0v) is 13.7. The van der Waals surface area contributed by atoms with Crippen molar-refractivity contribution >= 4 is 34.1 Å². The maximum atomic E-state index is 12.1. The Morgan fingerprint density at radius 3 is 2.81 bits per heavy atom. The zero-order valence-electron chi connectivity index (χ0n) is 12.1. The largest absolute Gasteiger partial charge is 0.360 e. The Kier molecular flexibility index (Phi) is 6.01. The predicted molar refractivity (Wildman–Crippen MR) is 87.7 cm³/mol. The van der Waals surface area contributed by atoms with E-state index in [1.807, 2.05) is 44.3 Å². The number of hydrogen-bond donors (Lipinski definition) is 1. The van der Waals surface area contributed by atoms with Gasteiger partial charge in [0.1, 0.15) is 0 Å². The van der Waals surface area contributed by atoms with E-state index in [9.17, 15) is 4.79 Å². The van der Waals surface area contributed by atoms with Gasteiger partial charge in [-0.25, -0.2) is 0 Å². The lowest BCUT2D eigenvalue weighted by Gasteiger charge is -2.16. The first-order valence-corrected chi connectivity index (χ1v) is 8.47. The van der Waals surface area contributed by atoms with Crippen molar-refractivity contribution in [1.29, 1.82) is 0 Å². The van der Waals surface area contributed by atoms with Gasteiger partial charge in [-0.3, -0.25) is 4.79 Å². The number of anilines is 1. The number of carbonyl (C=O) groups is 1. The van der Waals surface area contributed by atoms with E-state index in [-0.39, 0.29) is 5.91 Å². The van der Waals surface area contributed by atoms with Crippen molar-refractivity contribution in [2.75, 3.05) is 24.7 Å². The fourth-order valence-electron chi connectivity index (χ4n) is 1.67. The smallest absolute Gasteiger partial charge is 0.233 e. The van der Waals surface area contributed by atoms with Crippen molar-refractivity contribution in [3.05, 3.63) is 35.9 Å². The van der Waals surface area contributed by atoms with E-state index >= 15 is 0 Å². The Morgan fingerprint density at radius 1 is 1.33 bits per heavy atom. The summed E-state index contributed by atoms with van der Waals surface area (Å²) in [4.78, 5) is 13.8. The lowest BCUT2D eigenvalue weighted by molar-refractivity contribution is -0.127. The number of thioether (sulfide) groups is 1. The van der Waals surface area contributed by atoms with Crippen molar-refractivity contribution in [1.82, 2.24) is 15.1 Å². The third-order valence-corrected chi connectivity index (χ3v) is 4.74. The monoisotopic (exact) mass is 322 g/mol. The van der Waals surface area contributed by atoms with E-state index in [1.54, 1.807) is 4.90 Å². The number of amides is 1. The first kappa shape index (κ1) is 15.8. The molecule has 1 heterocycles. The van der Waals surface area contributed by atoms with Gasteiger partial charge in [0.05, 0.1) is 5.75 Å². The fourth-order valence-corrected chi connectivity index (χ4v) is 3.43. The quantitative estimate of drug-likeness (QED) is 0.794. The Labute approximate surface area is 132 Å². The van der Waals surface area contributed by atoms with Crippen LogP contribution in [0.15, 0.2) is 34.7 Å². The summed E-state index contributed by atoms with van der Waals surface area (Å²) >= 11 is 2.90. The third kappa shape index (κ3) is 5.02. The summed E-state index contributed by atoms with van der Waals surface area (Å²) in [7, 11) is 1.82. The normalized spacial score (nSPS) is 10.4. The summed E-state index contributed by atoms with van der Waals surface area (Å²) in [6.45, 7) is 3.45. The number of nitrogens with one attached hydrogen (secondary N) is 1. The molecular formula is C14H18N4OS2. The van der Waals surface area contributed by atoms with E-state index < -0.39 is 0 Å². The van der Waals surface area contributed by atoms with Crippen LogP contribution in [0.25, 0.3) is 0 Å². The average Bonchev–Trinajstić information content (AvgIpc) is 2.94. The van der Waals surface area contributed by atoms with Crippen LogP contribution < -0.4 is 5.32 Å². The third-order valence-electron chi connectivity index (χ3n) is 2.74. The van der Waals surface area contributed by atoms with Crippen LogP contribution in [0.4, 0.5) is 5.13 Å². The van der Waals surface area contributed by atoms with E-state index in [4.69, 9.17) is 0 Å². The molecule has 0 fully saturated rings. The highest BCUT2D eigenvalue weighted by molar-refractivity contribution is 8.01. The SMILES string of the molecule is CCNc1nnc(SCC(=O)N(C)Cc2ccccc2)s1. The molecule has 1 N–H and O–H groups in total. The maximum absolute atomic E-state index is 12.1. The van der Waals surface area contributed by atoms with Gasteiger partial charge in [0.15, 0.2) is 4.34 Å². The van der Waals surface area contributed by atoms with E-state index in [1.165, 1.54) is 23.1 Å². The second-order valence-corrected chi connectivity index (χ2v) is 6.63. The van der Waals surface area contributed by atoms with Crippen molar-refractivity contribution in [3.8, 4) is 0 Å². The van der Waals surface area contributed by atoms with Crippen LogP contribution in [0.2, 0.25) is 0 Å². The molecular weight excluding hydrogens is 304 g/mol. The molecule has 0 aliphatic heterocycles.